The Labute approximate surface area is 126 Å². The lowest BCUT2D eigenvalue weighted by Gasteiger charge is -2.44. The second-order valence-electron chi connectivity index (χ2n) is 5.99. The van der Waals surface area contributed by atoms with Gasteiger partial charge in [-0.3, -0.25) is 4.79 Å². The number of piperidine rings is 3. The van der Waals surface area contributed by atoms with E-state index in [0.717, 1.165) is 25.0 Å². The van der Waals surface area contributed by atoms with Crippen molar-refractivity contribution in [2.75, 3.05) is 19.6 Å². The lowest BCUT2D eigenvalue weighted by Crippen LogP contribution is -2.57. The highest BCUT2D eigenvalue weighted by atomic mass is 32.1. The van der Waals surface area contributed by atoms with Crippen LogP contribution in [0.4, 0.5) is 4.39 Å². The molecule has 0 radical (unpaired) electrons. The molecule has 3 aliphatic rings. The van der Waals surface area contributed by atoms with Crippen molar-refractivity contribution >= 4 is 27.3 Å². The molecule has 1 amide bonds. The Kier molecular flexibility index (Phi) is 3.19. The predicted octanol–water partition coefficient (Wildman–Crippen LogP) is 2.86. The van der Waals surface area contributed by atoms with Gasteiger partial charge in [0.05, 0.1) is 9.58 Å². The van der Waals surface area contributed by atoms with Crippen LogP contribution in [0, 0.1) is 11.7 Å². The Morgan fingerprint density at radius 3 is 2.81 bits per heavy atom. The second kappa shape index (κ2) is 5.07. The molecule has 5 rings (SSSR count). The van der Waals surface area contributed by atoms with E-state index < -0.39 is 0 Å². The van der Waals surface area contributed by atoms with E-state index in [-0.39, 0.29) is 17.8 Å². The summed E-state index contributed by atoms with van der Waals surface area (Å²) in [6, 6.07) is 7.00. The highest BCUT2D eigenvalue weighted by molar-refractivity contribution is 7.20. The van der Waals surface area contributed by atoms with Gasteiger partial charge in [0.1, 0.15) is 5.82 Å². The number of carbonyl (C=O) groups is 1. The molecule has 5 heteroatoms. The number of hydrogen-bond acceptors (Lipinski definition) is 3. The maximum absolute atomic E-state index is 13.7. The first-order chi connectivity index (χ1) is 10.2. The summed E-state index contributed by atoms with van der Waals surface area (Å²) in [5, 5.41) is 3.96. The molecule has 0 unspecified atom stereocenters. The summed E-state index contributed by atoms with van der Waals surface area (Å²) in [4.78, 5) is 15.4. The Balaban J connectivity index is 1.55. The van der Waals surface area contributed by atoms with Crippen molar-refractivity contribution in [1.29, 1.82) is 0 Å². The van der Waals surface area contributed by atoms with Gasteiger partial charge >= 0.3 is 0 Å². The van der Waals surface area contributed by atoms with E-state index in [9.17, 15) is 9.18 Å². The zero-order valence-corrected chi connectivity index (χ0v) is 12.5. The summed E-state index contributed by atoms with van der Waals surface area (Å²) in [5.41, 5.74) is 0. The molecule has 1 aromatic carbocycles. The van der Waals surface area contributed by atoms with Crippen molar-refractivity contribution in [2.45, 2.75) is 18.9 Å². The zero-order valence-electron chi connectivity index (χ0n) is 11.6. The van der Waals surface area contributed by atoms with Gasteiger partial charge in [-0.1, -0.05) is 12.1 Å². The van der Waals surface area contributed by atoms with E-state index in [1.165, 1.54) is 30.2 Å². The summed E-state index contributed by atoms with van der Waals surface area (Å²) in [5.74, 6) is 0.291. The minimum Gasteiger partial charge on any atom is -0.347 e. The smallest absolute Gasteiger partial charge is 0.261 e. The summed E-state index contributed by atoms with van der Waals surface area (Å²) in [7, 11) is 0. The van der Waals surface area contributed by atoms with Gasteiger partial charge in [-0.05, 0) is 49.4 Å². The monoisotopic (exact) mass is 304 g/mol. The normalized spacial score (nSPS) is 28.0. The number of nitrogens with one attached hydrogen (secondary N) is 1. The van der Waals surface area contributed by atoms with Crippen LogP contribution in [0.1, 0.15) is 22.5 Å². The third kappa shape index (κ3) is 2.34. The van der Waals surface area contributed by atoms with Crippen molar-refractivity contribution in [3.63, 3.8) is 0 Å². The van der Waals surface area contributed by atoms with Crippen LogP contribution >= 0.6 is 11.3 Å². The third-order valence-corrected chi connectivity index (χ3v) is 5.85. The van der Waals surface area contributed by atoms with Gasteiger partial charge in [-0.25, -0.2) is 4.39 Å². The standard InChI is InChI=1S/C16H17FN2OS/c17-12-3-1-2-11-8-14(21-15(11)12)16(20)18-13-9-19-6-4-10(13)5-7-19/h1-3,8,10,13H,4-7,9H2,(H,18,20)/t13-/m0/s1. The summed E-state index contributed by atoms with van der Waals surface area (Å²) < 4.78 is 14.3. The fraction of sp³-hybridized carbons (Fsp3) is 0.438. The number of benzene rings is 1. The van der Waals surface area contributed by atoms with Crippen LogP contribution < -0.4 is 5.32 Å². The van der Waals surface area contributed by atoms with Gasteiger partial charge in [-0.2, -0.15) is 0 Å². The van der Waals surface area contributed by atoms with Crippen LogP contribution in [-0.2, 0) is 0 Å². The fourth-order valence-electron chi connectivity index (χ4n) is 3.51. The number of amides is 1. The van der Waals surface area contributed by atoms with Crippen molar-refractivity contribution in [3.8, 4) is 0 Å². The van der Waals surface area contributed by atoms with E-state index >= 15 is 0 Å². The maximum Gasteiger partial charge on any atom is 0.261 e. The predicted molar refractivity (Wildman–Crippen MR) is 82.2 cm³/mol. The molecule has 0 spiro atoms. The van der Waals surface area contributed by atoms with Gasteiger partial charge in [0, 0.05) is 12.6 Å². The molecule has 3 saturated heterocycles. The highest BCUT2D eigenvalue weighted by Crippen LogP contribution is 2.30. The molecule has 0 saturated carbocycles. The second-order valence-corrected chi connectivity index (χ2v) is 7.04. The average molecular weight is 304 g/mol. The molecule has 2 aromatic rings. The molecule has 21 heavy (non-hydrogen) atoms. The van der Waals surface area contributed by atoms with E-state index in [0.29, 0.717) is 15.5 Å². The van der Waals surface area contributed by atoms with Crippen LogP contribution in [0.2, 0.25) is 0 Å². The van der Waals surface area contributed by atoms with Gasteiger partial charge in [0.2, 0.25) is 0 Å². The molecular formula is C16H17FN2OS. The molecule has 3 fully saturated rings. The van der Waals surface area contributed by atoms with Crippen LogP contribution in [0.5, 0.6) is 0 Å². The molecule has 1 aromatic heterocycles. The number of hydrogen-bond donors (Lipinski definition) is 1. The minimum absolute atomic E-state index is 0.0608. The number of rotatable bonds is 2. The van der Waals surface area contributed by atoms with Gasteiger partial charge in [-0.15, -0.1) is 11.3 Å². The van der Waals surface area contributed by atoms with Gasteiger partial charge in [0.25, 0.3) is 5.91 Å². The molecule has 3 aliphatic heterocycles. The van der Waals surface area contributed by atoms with Gasteiger partial charge < -0.3 is 10.2 Å². The SMILES string of the molecule is O=C(N[C@H]1CN2CCC1CC2)c1cc2cccc(F)c2s1. The third-order valence-electron chi connectivity index (χ3n) is 4.69. The molecule has 3 nitrogen and oxygen atoms in total. The van der Waals surface area contributed by atoms with Crippen LogP contribution in [0.25, 0.3) is 10.1 Å². The Hall–Kier alpha value is -1.46. The Bertz CT molecular complexity index is 691. The number of nitrogens with zero attached hydrogens (tertiary/aromatic N) is 1. The molecule has 4 heterocycles. The molecule has 1 atom stereocenters. The van der Waals surface area contributed by atoms with Gasteiger partial charge in [0.15, 0.2) is 0 Å². The topological polar surface area (TPSA) is 32.3 Å². The number of halogens is 1. The van der Waals surface area contributed by atoms with Crippen molar-refractivity contribution in [3.05, 3.63) is 35.0 Å². The van der Waals surface area contributed by atoms with Crippen molar-refractivity contribution in [1.82, 2.24) is 10.2 Å². The van der Waals surface area contributed by atoms with Crippen molar-refractivity contribution < 1.29 is 9.18 Å². The number of thiophene rings is 1. The first kappa shape index (κ1) is 13.2. The first-order valence-electron chi connectivity index (χ1n) is 7.42. The van der Waals surface area contributed by atoms with E-state index in [1.807, 2.05) is 6.07 Å². The molecule has 0 aliphatic carbocycles. The van der Waals surface area contributed by atoms with Crippen LogP contribution in [0.15, 0.2) is 24.3 Å². The summed E-state index contributed by atoms with van der Waals surface area (Å²) in [6.07, 6.45) is 2.35. The van der Waals surface area contributed by atoms with Crippen LogP contribution in [0.3, 0.4) is 0 Å². The summed E-state index contributed by atoms with van der Waals surface area (Å²) in [6.45, 7) is 3.27. The Morgan fingerprint density at radius 2 is 2.14 bits per heavy atom. The lowest BCUT2D eigenvalue weighted by atomic mass is 9.84. The molecular weight excluding hydrogens is 287 g/mol. The molecule has 1 N–H and O–H groups in total. The Morgan fingerprint density at radius 1 is 1.33 bits per heavy atom. The number of fused-ring (bicyclic) bond motifs is 4. The van der Waals surface area contributed by atoms with E-state index in [4.69, 9.17) is 0 Å². The van der Waals surface area contributed by atoms with E-state index in [1.54, 1.807) is 12.1 Å². The zero-order chi connectivity index (χ0) is 14.4. The van der Waals surface area contributed by atoms with E-state index in [2.05, 4.69) is 10.2 Å². The minimum atomic E-state index is -0.251. The maximum atomic E-state index is 13.7. The molecule has 2 bridgehead atoms. The number of carbonyl (C=O) groups excluding carboxylic acids is 1. The average Bonchev–Trinajstić information content (AvgIpc) is 2.94. The first-order valence-corrected chi connectivity index (χ1v) is 8.23. The fourth-order valence-corrected chi connectivity index (χ4v) is 4.48. The van der Waals surface area contributed by atoms with Crippen molar-refractivity contribution in [2.24, 2.45) is 5.92 Å². The van der Waals surface area contributed by atoms with Crippen LogP contribution in [-0.4, -0.2) is 36.5 Å². The quantitative estimate of drug-likeness (QED) is 0.925. The summed E-state index contributed by atoms with van der Waals surface area (Å²) >= 11 is 1.24. The lowest BCUT2D eigenvalue weighted by molar-refractivity contribution is 0.0622. The highest BCUT2D eigenvalue weighted by Gasteiger charge is 2.35. The molecule has 110 valence electrons. The largest absolute Gasteiger partial charge is 0.347 e.